The Balaban J connectivity index is 1.76. The Kier molecular flexibility index (Phi) is 3.45. The molecule has 0 aromatic carbocycles. The lowest BCUT2D eigenvalue weighted by Gasteiger charge is -2.29. The fourth-order valence-electron chi connectivity index (χ4n) is 3.93. The second-order valence-corrected chi connectivity index (χ2v) is 6.62. The topological polar surface area (TPSA) is 76.1 Å². The molecule has 2 aliphatic rings. The Labute approximate surface area is 136 Å². The third kappa shape index (κ3) is 2.35. The Hall–Kier alpha value is -2.15. The quantitative estimate of drug-likeness (QED) is 0.898. The molecule has 2 atom stereocenters. The van der Waals surface area contributed by atoms with E-state index in [-0.39, 0.29) is 0 Å². The van der Waals surface area contributed by atoms with Gasteiger partial charge in [0, 0.05) is 25.2 Å². The van der Waals surface area contributed by atoms with Gasteiger partial charge < -0.3 is 10.6 Å². The van der Waals surface area contributed by atoms with Gasteiger partial charge in [0.2, 0.25) is 0 Å². The molecule has 2 aliphatic heterocycles. The molecule has 2 bridgehead atoms. The number of rotatable bonds is 2. The molecular weight excluding hydrogens is 290 g/mol. The third-order valence-corrected chi connectivity index (χ3v) is 5.41. The highest BCUT2D eigenvalue weighted by molar-refractivity contribution is 5.75. The van der Waals surface area contributed by atoms with Crippen LogP contribution in [0.15, 0.2) is 18.6 Å². The first-order chi connectivity index (χ1) is 11.1. The number of hydrogen-bond acceptors (Lipinski definition) is 6. The van der Waals surface area contributed by atoms with Crippen molar-refractivity contribution in [1.82, 2.24) is 24.9 Å². The Morgan fingerprint density at radius 3 is 2.83 bits per heavy atom. The van der Waals surface area contributed by atoms with E-state index in [0.717, 1.165) is 30.2 Å². The van der Waals surface area contributed by atoms with Crippen molar-refractivity contribution in [3.63, 3.8) is 0 Å². The van der Waals surface area contributed by atoms with Gasteiger partial charge in [-0.3, -0.25) is 9.88 Å². The summed E-state index contributed by atoms with van der Waals surface area (Å²) < 4.78 is 1.76. The van der Waals surface area contributed by atoms with E-state index in [2.05, 4.69) is 32.1 Å². The summed E-state index contributed by atoms with van der Waals surface area (Å²) in [6.45, 7) is 3.97. The van der Waals surface area contributed by atoms with Crippen LogP contribution in [-0.4, -0.2) is 57.1 Å². The van der Waals surface area contributed by atoms with Crippen LogP contribution in [0.2, 0.25) is 0 Å². The lowest BCUT2D eigenvalue weighted by atomic mass is 10.1. The Morgan fingerprint density at radius 1 is 1.22 bits per heavy atom. The van der Waals surface area contributed by atoms with E-state index in [1.165, 1.54) is 19.3 Å². The Morgan fingerprint density at radius 2 is 2.04 bits per heavy atom. The van der Waals surface area contributed by atoms with Crippen molar-refractivity contribution in [3.05, 3.63) is 24.3 Å². The van der Waals surface area contributed by atoms with Crippen molar-refractivity contribution in [2.75, 3.05) is 30.8 Å². The van der Waals surface area contributed by atoms with Crippen molar-refractivity contribution >= 4 is 11.4 Å². The maximum Gasteiger partial charge on any atom is 0.116 e. The minimum Gasteiger partial charge on any atom is -0.395 e. The van der Waals surface area contributed by atoms with Crippen LogP contribution in [0, 0.1) is 6.92 Å². The van der Waals surface area contributed by atoms with Gasteiger partial charge in [-0.1, -0.05) is 5.21 Å². The second kappa shape index (κ2) is 5.49. The van der Waals surface area contributed by atoms with Gasteiger partial charge in [-0.05, 0) is 33.2 Å². The molecule has 0 spiro atoms. The number of nitrogens with zero attached hydrogens (tertiary/aromatic N) is 6. The van der Waals surface area contributed by atoms with E-state index in [9.17, 15) is 0 Å². The molecule has 2 aromatic heterocycles. The van der Waals surface area contributed by atoms with E-state index in [4.69, 9.17) is 5.73 Å². The van der Waals surface area contributed by atoms with Gasteiger partial charge in [0.15, 0.2) is 0 Å². The highest BCUT2D eigenvalue weighted by Crippen LogP contribution is 2.35. The molecular formula is C16H23N7. The zero-order valence-electron chi connectivity index (χ0n) is 13.7. The van der Waals surface area contributed by atoms with Crippen molar-refractivity contribution in [2.24, 2.45) is 0 Å². The van der Waals surface area contributed by atoms with Gasteiger partial charge >= 0.3 is 0 Å². The summed E-state index contributed by atoms with van der Waals surface area (Å²) in [5, 5.41) is 8.09. The summed E-state index contributed by atoms with van der Waals surface area (Å²) in [7, 11) is 2.26. The number of likely N-dealkylation sites (N-methyl/N-ethyl adjacent to an activating group) is 1. The first kappa shape index (κ1) is 14.4. The van der Waals surface area contributed by atoms with E-state index < -0.39 is 0 Å². The highest BCUT2D eigenvalue weighted by Gasteiger charge is 2.35. The van der Waals surface area contributed by atoms with Crippen LogP contribution in [0.4, 0.5) is 11.4 Å². The highest BCUT2D eigenvalue weighted by atomic mass is 15.4. The molecule has 2 unspecified atom stereocenters. The molecule has 23 heavy (non-hydrogen) atoms. The molecule has 4 rings (SSSR count). The molecule has 2 fully saturated rings. The van der Waals surface area contributed by atoms with Gasteiger partial charge in [-0.2, -0.15) is 0 Å². The molecule has 2 saturated heterocycles. The summed E-state index contributed by atoms with van der Waals surface area (Å²) in [5.41, 5.74) is 9.79. The molecule has 0 radical (unpaired) electrons. The number of anilines is 2. The van der Waals surface area contributed by atoms with Crippen LogP contribution < -0.4 is 10.6 Å². The van der Waals surface area contributed by atoms with Crippen LogP contribution >= 0.6 is 0 Å². The van der Waals surface area contributed by atoms with Gasteiger partial charge in [0.1, 0.15) is 5.69 Å². The standard InChI is InChI=1S/C16H23N7/c1-11-15(17)16(23-8-6-19-20-23)14(9-18-11)22-7-5-12-3-4-13(10-22)21(12)2/h6,8-9,12-13H,3-5,7,10,17H2,1-2H3. The monoisotopic (exact) mass is 313 g/mol. The largest absolute Gasteiger partial charge is 0.395 e. The summed E-state index contributed by atoms with van der Waals surface area (Å²) in [4.78, 5) is 9.45. The van der Waals surface area contributed by atoms with Crippen LogP contribution in [-0.2, 0) is 0 Å². The zero-order chi connectivity index (χ0) is 16.0. The average Bonchev–Trinajstić information content (AvgIpc) is 3.12. The molecule has 2 aromatic rings. The van der Waals surface area contributed by atoms with Gasteiger partial charge in [-0.15, -0.1) is 5.10 Å². The maximum atomic E-state index is 6.34. The van der Waals surface area contributed by atoms with Crippen molar-refractivity contribution in [2.45, 2.75) is 38.3 Å². The number of nitrogens with two attached hydrogens (primary N) is 1. The minimum atomic E-state index is 0.605. The predicted molar refractivity (Wildman–Crippen MR) is 89.7 cm³/mol. The number of aromatic nitrogens is 4. The summed E-state index contributed by atoms with van der Waals surface area (Å²) in [5.74, 6) is 0. The summed E-state index contributed by atoms with van der Waals surface area (Å²) >= 11 is 0. The number of fused-ring (bicyclic) bond motifs is 2. The van der Waals surface area contributed by atoms with Crippen LogP contribution in [0.5, 0.6) is 0 Å². The minimum absolute atomic E-state index is 0.605. The summed E-state index contributed by atoms with van der Waals surface area (Å²) in [6, 6.07) is 1.31. The fourth-order valence-corrected chi connectivity index (χ4v) is 3.93. The number of nitrogen functional groups attached to an aromatic ring is 1. The number of aryl methyl sites for hydroxylation is 1. The summed E-state index contributed by atoms with van der Waals surface area (Å²) in [6.07, 6.45) is 9.21. The molecule has 2 N–H and O–H groups in total. The number of hydrogen-bond donors (Lipinski definition) is 1. The van der Waals surface area contributed by atoms with Gasteiger partial charge in [-0.25, -0.2) is 4.68 Å². The normalized spacial score (nSPS) is 24.9. The molecule has 7 nitrogen and oxygen atoms in total. The van der Waals surface area contributed by atoms with Crippen molar-refractivity contribution < 1.29 is 0 Å². The zero-order valence-corrected chi connectivity index (χ0v) is 13.7. The molecule has 7 heteroatoms. The fraction of sp³-hybridized carbons (Fsp3) is 0.562. The van der Waals surface area contributed by atoms with Crippen LogP contribution in [0.1, 0.15) is 25.0 Å². The van der Waals surface area contributed by atoms with Gasteiger partial charge in [0.25, 0.3) is 0 Å². The van der Waals surface area contributed by atoms with E-state index in [1.807, 2.05) is 19.3 Å². The maximum absolute atomic E-state index is 6.34. The Bertz CT molecular complexity index is 697. The first-order valence-corrected chi connectivity index (χ1v) is 8.24. The molecule has 4 heterocycles. The van der Waals surface area contributed by atoms with E-state index in [1.54, 1.807) is 10.9 Å². The molecule has 122 valence electrons. The van der Waals surface area contributed by atoms with Crippen LogP contribution in [0.3, 0.4) is 0 Å². The number of pyridine rings is 1. The predicted octanol–water partition coefficient (Wildman–Crippen LogP) is 1.23. The average molecular weight is 313 g/mol. The molecule has 0 amide bonds. The molecule has 0 aliphatic carbocycles. The van der Waals surface area contributed by atoms with Gasteiger partial charge in [0.05, 0.1) is 35.7 Å². The van der Waals surface area contributed by atoms with Crippen LogP contribution in [0.25, 0.3) is 5.69 Å². The SMILES string of the molecule is Cc1ncc(N2CCC3CCC(C2)N3C)c(-n2ccnn2)c1N. The van der Waals surface area contributed by atoms with Crippen molar-refractivity contribution in [3.8, 4) is 5.69 Å². The lowest BCUT2D eigenvalue weighted by Crippen LogP contribution is -2.37. The third-order valence-electron chi connectivity index (χ3n) is 5.41. The van der Waals surface area contributed by atoms with E-state index in [0.29, 0.717) is 17.8 Å². The molecule has 0 saturated carbocycles. The lowest BCUT2D eigenvalue weighted by molar-refractivity contribution is 0.254. The van der Waals surface area contributed by atoms with E-state index >= 15 is 0 Å². The second-order valence-electron chi connectivity index (χ2n) is 6.62. The first-order valence-electron chi connectivity index (χ1n) is 8.24. The van der Waals surface area contributed by atoms with Crippen molar-refractivity contribution in [1.29, 1.82) is 0 Å². The smallest absolute Gasteiger partial charge is 0.116 e.